The molecule has 0 saturated heterocycles. The van der Waals surface area contributed by atoms with Crippen molar-refractivity contribution in [1.29, 1.82) is 0 Å². The maximum atomic E-state index is 3.49. The van der Waals surface area contributed by atoms with Crippen molar-refractivity contribution >= 4 is 0 Å². The Kier molecular flexibility index (Phi) is 4.40. The van der Waals surface area contributed by atoms with Crippen LogP contribution >= 0.6 is 0 Å². The van der Waals surface area contributed by atoms with Gasteiger partial charge in [-0.3, -0.25) is 0 Å². The van der Waals surface area contributed by atoms with Crippen molar-refractivity contribution in [3.8, 4) is 11.1 Å². The minimum absolute atomic E-state index is 0.481. The van der Waals surface area contributed by atoms with Crippen LogP contribution in [0, 0.1) is 0 Å². The van der Waals surface area contributed by atoms with Gasteiger partial charge in [0, 0.05) is 6.04 Å². The molecule has 21 heavy (non-hydrogen) atoms. The molecule has 1 aliphatic rings. The zero-order chi connectivity index (χ0) is 14.7. The van der Waals surface area contributed by atoms with Crippen molar-refractivity contribution in [1.82, 2.24) is 5.32 Å². The molecule has 3 rings (SSSR count). The van der Waals surface area contributed by atoms with Gasteiger partial charge in [0.05, 0.1) is 0 Å². The van der Waals surface area contributed by atoms with Crippen LogP contribution in [0.25, 0.3) is 11.1 Å². The fourth-order valence-corrected chi connectivity index (χ4v) is 3.43. The minimum Gasteiger partial charge on any atom is -0.313 e. The highest BCUT2D eigenvalue weighted by molar-refractivity contribution is 5.77. The molecule has 1 N–H and O–H groups in total. The summed E-state index contributed by atoms with van der Waals surface area (Å²) in [5.74, 6) is 0. The van der Waals surface area contributed by atoms with E-state index in [1.54, 1.807) is 0 Å². The molecule has 1 unspecified atom stereocenters. The van der Waals surface area contributed by atoms with E-state index in [4.69, 9.17) is 0 Å². The number of unbranched alkanes of at least 4 members (excludes halogenated alkanes) is 2. The predicted molar refractivity (Wildman–Crippen MR) is 90.6 cm³/mol. The fourth-order valence-electron chi connectivity index (χ4n) is 3.43. The molecule has 0 aliphatic heterocycles. The van der Waals surface area contributed by atoms with Gasteiger partial charge in [-0.1, -0.05) is 62.6 Å². The summed E-state index contributed by atoms with van der Waals surface area (Å²) in [7, 11) is 2.08. The Balaban J connectivity index is 1.86. The molecule has 0 bridgehead atoms. The second-order valence-corrected chi connectivity index (χ2v) is 6.09. The first-order chi connectivity index (χ1) is 10.3. The van der Waals surface area contributed by atoms with Crippen LogP contribution in [0.1, 0.15) is 55.3 Å². The van der Waals surface area contributed by atoms with E-state index < -0.39 is 0 Å². The largest absolute Gasteiger partial charge is 0.313 e. The molecule has 1 heteroatoms. The summed E-state index contributed by atoms with van der Waals surface area (Å²) in [5, 5.41) is 3.49. The Hall–Kier alpha value is -1.60. The molecule has 0 radical (unpaired) electrons. The van der Waals surface area contributed by atoms with Crippen LogP contribution in [0.4, 0.5) is 0 Å². The molecule has 1 atom stereocenters. The molecule has 1 nitrogen and oxygen atoms in total. The molecular weight excluding hydrogens is 254 g/mol. The average Bonchev–Trinajstić information content (AvgIpc) is 2.89. The summed E-state index contributed by atoms with van der Waals surface area (Å²) in [6.45, 7) is 2.26. The standard InChI is InChI=1S/C20H25N/c1-3-4-5-10-20(21-2)17-12-11-16-13-15-8-6-7-9-18(15)19(16)14-17/h6-9,11-12,14,20-21H,3-5,10,13H2,1-2H3. The lowest BCUT2D eigenvalue weighted by Crippen LogP contribution is -2.16. The molecule has 0 aromatic heterocycles. The summed E-state index contributed by atoms with van der Waals surface area (Å²) in [4.78, 5) is 0. The van der Waals surface area contributed by atoms with Crippen LogP contribution < -0.4 is 5.32 Å². The quantitative estimate of drug-likeness (QED) is 0.619. The van der Waals surface area contributed by atoms with Crippen LogP contribution in [0.3, 0.4) is 0 Å². The highest BCUT2D eigenvalue weighted by Gasteiger charge is 2.19. The Morgan fingerprint density at radius 3 is 2.62 bits per heavy atom. The van der Waals surface area contributed by atoms with E-state index in [1.807, 2.05) is 0 Å². The Labute approximate surface area is 128 Å². The normalized spacial score (nSPS) is 13.8. The smallest absolute Gasteiger partial charge is 0.0317 e. The van der Waals surface area contributed by atoms with Crippen molar-refractivity contribution in [2.75, 3.05) is 7.05 Å². The van der Waals surface area contributed by atoms with Crippen molar-refractivity contribution in [2.45, 2.75) is 45.1 Å². The van der Waals surface area contributed by atoms with E-state index in [0.717, 1.165) is 6.42 Å². The molecule has 2 aromatic rings. The fraction of sp³-hybridized carbons (Fsp3) is 0.400. The number of benzene rings is 2. The van der Waals surface area contributed by atoms with Crippen molar-refractivity contribution in [2.24, 2.45) is 0 Å². The van der Waals surface area contributed by atoms with Gasteiger partial charge in [-0.05, 0) is 53.8 Å². The van der Waals surface area contributed by atoms with Gasteiger partial charge in [0.25, 0.3) is 0 Å². The highest BCUT2D eigenvalue weighted by Crippen LogP contribution is 2.38. The van der Waals surface area contributed by atoms with E-state index in [1.165, 1.54) is 53.5 Å². The van der Waals surface area contributed by atoms with E-state index in [-0.39, 0.29) is 0 Å². The summed E-state index contributed by atoms with van der Waals surface area (Å²) in [6, 6.07) is 16.3. The van der Waals surface area contributed by atoms with Gasteiger partial charge in [0.15, 0.2) is 0 Å². The lowest BCUT2D eigenvalue weighted by molar-refractivity contribution is 0.512. The first-order valence-electron chi connectivity index (χ1n) is 8.22. The second-order valence-electron chi connectivity index (χ2n) is 6.09. The van der Waals surface area contributed by atoms with Gasteiger partial charge in [0.2, 0.25) is 0 Å². The number of rotatable bonds is 6. The minimum atomic E-state index is 0.481. The van der Waals surface area contributed by atoms with E-state index >= 15 is 0 Å². The third-order valence-electron chi connectivity index (χ3n) is 4.67. The highest BCUT2D eigenvalue weighted by atomic mass is 14.9. The van der Waals surface area contributed by atoms with Crippen LogP contribution in [0.2, 0.25) is 0 Å². The van der Waals surface area contributed by atoms with Crippen molar-refractivity contribution in [3.05, 3.63) is 59.2 Å². The van der Waals surface area contributed by atoms with Gasteiger partial charge in [-0.15, -0.1) is 0 Å². The zero-order valence-electron chi connectivity index (χ0n) is 13.2. The lowest BCUT2D eigenvalue weighted by atomic mass is 9.96. The van der Waals surface area contributed by atoms with Crippen molar-refractivity contribution < 1.29 is 0 Å². The van der Waals surface area contributed by atoms with Gasteiger partial charge in [0.1, 0.15) is 0 Å². The van der Waals surface area contributed by atoms with Crippen LogP contribution in [-0.4, -0.2) is 7.05 Å². The molecule has 0 spiro atoms. The molecular formula is C20H25N. The second kappa shape index (κ2) is 6.44. The molecule has 0 saturated carbocycles. The molecule has 2 aromatic carbocycles. The predicted octanol–water partition coefficient (Wildman–Crippen LogP) is 5.10. The molecule has 0 heterocycles. The topological polar surface area (TPSA) is 12.0 Å². The maximum Gasteiger partial charge on any atom is 0.0317 e. The molecule has 0 fully saturated rings. The lowest BCUT2D eigenvalue weighted by Gasteiger charge is -2.18. The monoisotopic (exact) mass is 279 g/mol. The summed E-state index contributed by atoms with van der Waals surface area (Å²) in [6.07, 6.45) is 6.23. The van der Waals surface area contributed by atoms with Gasteiger partial charge in [-0.25, -0.2) is 0 Å². The van der Waals surface area contributed by atoms with Gasteiger partial charge < -0.3 is 5.32 Å². The van der Waals surface area contributed by atoms with Crippen LogP contribution in [0.5, 0.6) is 0 Å². The van der Waals surface area contributed by atoms with Crippen molar-refractivity contribution in [3.63, 3.8) is 0 Å². The number of fused-ring (bicyclic) bond motifs is 3. The number of nitrogens with one attached hydrogen (secondary N) is 1. The molecule has 1 aliphatic carbocycles. The molecule has 110 valence electrons. The summed E-state index contributed by atoms with van der Waals surface area (Å²) in [5.41, 5.74) is 7.25. The number of hydrogen-bond donors (Lipinski definition) is 1. The van der Waals surface area contributed by atoms with Gasteiger partial charge in [-0.2, -0.15) is 0 Å². The Morgan fingerprint density at radius 1 is 1.00 bits per heavy atom. The average molecular weight is 279 g/mol. The molecule has 0 amide bonds. The van der Waals surface area contributed by atoms with E-state index in [2.05, 4.69) is 61.8 Å². The third kappa shape index (κ3) is 2.89. The third-order valence-corrected chi connectivity index (χ3v) is 4.67. The van der Waals surface area contributed by atoms with E-state index in [9.17, 15) is 0 Å². The van der Waals surface area contributed by atoms with Gasteiger partial charge >= 0.3 is 0 Å². The van der Waals surface area contributed by atoms with E-state index in [0.29, 0.717) is 6.04 Å². The Morgan fingerprint density at radius 2 is 1.81 bits per heavy atom. The first kappa shape index (κ1) is 14.3. The summed E-state index contributed by atoms with van der Waals surface area (Å²) < 4.78 is 0. The maximum absolute atomic E-state index is 3.49. The van der Waals surface area contributed by atoms with Crippen LogP contribution in [-0.2, 0) is 6.42 Å². The number of hydrogen-bond acceptors (Lipinski definition) is 1. The SMILES string of the molecule is CCCCCC(NC)c1ccc2c(c1)-c1ccccc1C2. The van der Waals surface area contributed by atoms with Crippen LogP contribution in [0.15, 0.2) is 42.5 Å². The summed E-state index contributed by atoms with van der Waals surface area (Å²) >= 11 is 0. The first-order valence-corrected chi connectivity index (χ1v) is 8.22. The Bertz CT molecular complexity index is 615. The zero-order valence-corrected chi connectivity index (χ0v) is 13.2.